The number of phenols is 1. The molecule has 6 N–H and O–H groups in total. The zero-order chi connectivity index (χ0) is 25.5. The van der Waals surface area contributed by atoms with E-state index < -0.39 is 30.2 Å². The Morgan fingerprint density at radius 3 is 2.77 bits per heavy atom. The Bertz CT molecular complexity index is 1140. The number of halogens is 1. The molecule has 2 heterocycles. The van der Waals surface area contributed by atoms with Gasteiger partial charge in [0.25, 0.3) is 5.91 Å². The lowest BCUT2D eigenvalue weighted by atomic mass is 10.00. The van der Waals surface area contributed by atoms with Gasteiger partial charge >= 0.3 is 5.97 Å². The highest BCUT2D eigenvalue weighted by molar-refractivity contribution is 7.08. The van der Waals surface area contributed by atoms with Crippen molar-refractivity contribution in [3.05, 3.63) is 50.2 Å². The standard InChI is InChI=1S/C23H28ClN5O5S/c1-12-6-26-23(27-7-12)28-8-14-10-35-11-17(14)22(34)25-9-19(30)29-18(5-20(31)32)16-4-15(24)3-13(2)21(16)33/h3-4,10-12,18,33H,5-9H2,1-2H3,(H,25,34)(H,29,30)(H,31,32)(H2,26,27,28)/t18-/m0/s1. The molecule has 0 aliphatic carbocycles. The third-order valence-electron chi connectivity index (χ3n) is 5.41. The van der Waals surface area contributed by atoms with Crippen LogP contribution in [0.2, 0.25) is 5.02 Å². The second-order valence-corrected chi connectivity index (χ2v) is 9.58. The molecule has 0 saturated heterocycles. The SMILES string of the molecule is Cc1cc(Cl)cc([C@H](CC(=O)O)NC(=O)CNC(=O)c2cscc2CNC2=NCC(C)CN2)c1O. The minimum Gasteiger partial charge on any atom is -0.507 e. The quantitative estimate of drug-likeness (QED) is 0.296. The summed E-state index contributed by atoms with van der Waals surface area (Å²) in [5.74, 6) is -1.20. The predicted octanol–water partition coefficient (Wildman–Crippen LogP) is 2.16. The Morgan fingerprint density at radius 2 is 2.09 bits per heavy atom. The van der Waals surface area contributed by atoms with Crippen molar-refractivity contribution in [1.82, 2.24) is 21.3 Å². The van der Waals surface area contributed by atoms with Crippen molar-refractivity contribution in [3.8, 4) is 5.75 Å². The number of amides is 2. The Hall–Kier alpha value is -3.31. The number of aryl methyl sites for hydroxylation is 1. The summed E-state index contributed by atoms with van der Waals surface area (Å²) in [5.41, 5.74) is 1.84. The number of hydrogen-bond acceptors (Lipinski definition) is 8. The molecule has 188 valence electrons. The molecule has 1 aromatic carbocycles. The molecule has 0 fully saturated rings. The van der Waals surface area contributed by atoms with Gasteiger partial charge < -0.3 is 31.5 Å². The molecule has 12 heteroatoms. The van der Waals surface area contributed by atoms with Crippen molar-refractivity contribution < 1.29 is 24.6 Å². The number of aromatic hydroxyl groups is 1. The van der Waals surface area contributed by atoms with Crippen LogP contribution < -0.4 is 21.3 Å². The van der Waals surface area contributed by atoms with Gasteiger partial charge in [-0.25, -0.2) is 0 Å². The van der Waals surface area contributed by atoms with Crippen LogP contribution in [-0.2, 0) is 16.1 Å². The molecule has 0 bridgehead atoms. The van der Waals surface area contributed by atoms with Crippen LogP contribution in [0.3, 0.4) is 0 Å². The van der Waals surface area contributed by atoms with Crippen molar-refractivity contribution in [2.45, 2.75) is 32.9 Å². The topological polar surface area (TPSA) is 152 Å². The number of aliphatic carboxylic acids is 1. The zero-order valence-electron chi connectivity index (χ0n) is 19.4. The normalized spacial score (nSPS) is 16.0. The zero-order valence-corrected chi connectivity index (χ0v) is 20.9. The molecule has 1 aliphatic rings. The summed E-state index contributed by atoms with van der Waals surface area (Å²) in [6.45, 7) is 5.31. The van der Waals surface area contributed by atoms with Crippen LogP contribution in [0.1, 0.15) is 46.4 Å². The lowest BCUT2D eigenvalue weighted by molar-refractivity contribution is -0.137. The first kappa shape index (κ1) is 26.3. The summed E-state index contributed by atoms with van der Waals surface area (Å²) in [6.07, 6.45) is -0.468. The number of carbonyl (C=O) groups excluding carboxylic acids is 2. The van der Waals surface area contributed by atoms with Gasteiger partial charge in [-0.15, -0.1) is 0 Å². The first-order chi connectivity index (χ1) is 16.6. The van der Waals surface area contributed by atoms with Gasteiger partial charge in [0, 0.05) is 35.6 Å². The summed E-state index contributed by atoms with van der Waals surface area (Å²) in [7, 11) is 0. The molecule has 3 rings (SSSR count). The number of aliphatic imine (C=N–C) groups is 1. The second kappa shape index (κ2) is 11.9. The average Bonchev–Trinajstić information content (AvgIpc) is 3.27. The van der Waals surface area contributed by atoms with E-state index in [2.05, 4.69) is 33.2 Å². The fourth-order valence-electron chi connectivity index (χ4n) is 3.54. The van der Waals surface area contributed by atoms with Gasteiger partial charge in [-0.05, 0) is 41.5 Å². The molecule has 1 aromatic heterocycles. The van der Waals surface area contributed by atoms with Crippen LogP contribution >= 0.6 is 22.9 Å². The van der Waals surface area contributed by atoms with E-state index >= 15 is 0 Å². The average molecular weight is 522 g/mol. The molecule has 2 aromatic rings. The van der Waals surface area contributed by atoms with E-state index in [1.54, 1.807) is 12.3 Å². The number of guanidine groups is 1. The van der Waals surface area contributed by atoms with Gasteiger partial charge in [0.05, 0.1) is 24.6 Å². The van der Waals surface area contributed by atoms with Crippen molar-refractivity contribution >= 4 is 46.7 Å². The number of nitrogens with one attached hydrogen (secondary N) is 4. The molecular weight excluding hydrogens is 494 g/mol. The molecule has 35 heavy (non-hydrogen) atoms. The third kappa shape index (κ3) is 7.33. The summed E-state index contributed by atoms with van der Waals surface area (Å²) in [4.78, 5) is 41.0. The van der Waals surface area contributed by atoms with Crippen molar-refractivity contribution in [2.24, 2.45) is 10.9 Å². The Kier molecular flexibility index (Phi) is 8.94. The van der Waals surface area contributed by atoms with Crippen molar-refractivity contribution in [2.75, 3.05) is 19.6 Å². The summed E-state index contributed by atoms with van der Waals surface area (Å²) < 4.78 is 0. The number of rotatable bonds is 9. The molecule has 1 aliphatic heterocycles. The molecule has 2 atom stereocenters. The van der Waals surface area contributed by atoms with Gasteiger partial charge in [-0.3, -0.25) is 19.4 Å². The van der Waals surface area contributed by atoms with Crippen LogP contribution in [0.25, 0.3) is 0 Å². The monoisotopic (exact) mass is 521 g/mol. The Morgan fingerprint density at radius 1 is 1.31 bits per heavy atom. The minimum atomic E-state index is -1.17. The number of carbonyl (C=O) groups is 3. The molecule has 0 saturated carbocycles. The first-order valence-corrected chi connectivity index (χ1v) is 12.3. The van der Waals surface area contributed by atoms with E-state index in [0.717, 1.165) is 18.7 Å². The van der Waals surface area contributed by atoms with Gasteiger partial charge in [0.2, 0.25) is 5.91 Å². The number of nitrogens with zero attached hydrogens (tertiary/aromatic N) is 1. The molecule has 0 radical (unpaired) electrons. The number of benzene rings is 1. The van der Waals surface area contributed by atoms with E-state index in [4.69, 9.17) is 11.6 Å². The first-order valence-electron chi connectivity index (χ1n) is 11.0. The number of carboxylic acids is 1. The molecule has 2 amide bonds. The van der Waals surface area contributed by atoms with Crippen LogP contribution in [-0.4, -0.2) is 53.6 Å². The maximum absolute atomic E-state index is 12.7. The lowest BCUT2D eigenvalue weighted by Gasteiger charge is -2.21. The van der Waals surface area contributed by atoms with E-state index in [9.17, 15) is 24.6 Å². The van der Waals surface area contributed by atoms with Crippen molar-refractivity contribution in [1.29, 1.82) is 0 Å². The lowest BCUT2D eigenvalue weighted by Crippen LogP contribution is -2.43. The predicted molar refractivity (Wildman–Crippen MR) is 134 cm³/mol. The number of carboxylic acid groups (broad SMARTS) is 1. The highest BCUT2D eigenvalue weighted by atomic mass is 35.5. The van der Waals surface area contributed by atoms with E-state index in [1.807, 2.05) is 5.38 Å². The number of thiophene rings is 1. The minimum absolute atomic E-state index is 0.146. The van der Waals surface area contributed by atoms with Gasteiger partial charge in [0.1, 0.15) is 5.75 Å². The fourth-order valence-corrected chi connectivity index (χ4v) is 4.66. The second-order valence-electron chi connectivity index (χ2n) is 8.40. The summed E-state index contributed by atoms with van der Waals surface area (Å²) in [6, 6.07) is 1.92. The summed E-state index contributed by atoms with van der Waals surface area (Å²) in [5, 5.41) is 35.0. The van der Waals surface area contributed by atoms with E-state index in [-0.39, 0.29) is 17.9 Å². The fraction of sp³-hybridized carbons (Fsp3) is 0.391. The molecular formula is C23H28ClN5O5S. The van der Waals surface area contributed by atoms with E-state index in [1.165, 1.54) is 23.5 Å². The maximum atomic E-state index is 12.7. The number of hydrogen-bond donors (Lipinski definition) is 6. The maximum Gasteiger partial charge on any atom is 0.305 e. The molecule has 10 nitrogen and oxygen atoms in total. The van der Waals surface area contributed by atoms with Crippen molar-refractivity contribution in [3.63, 3.8) is 0 Å². The third-order valence-corrected chi connectivity index (χ3v) is 6.42. The van der Waals surface area contributed by atoms with Crippen LogP contribution in [0, 0.1) is 12.8 Å². The highest BCUT2D eigenvalue weighted by Gasteiger charge is 2.23. The smallest absolute Gasteiger partial charge is 0.305 e. The Labute approximate surface area is 211 Å². The summed E-state index contributed by atoms with van der Waals surface area (Å²) >= 11 is 7.42. The van der Waals surface area contributed by atoms with Gasteiger partial charge in [0.15, 0.2) is 5.96 Å². The van der Waals surface area contributed by atoms with Crippen LogP contribution in [0.15, 0.2) is 27.9 Å². The molecule has 1 unspecified atom stereocenters. The Balaban J connectivity index is 1.59. The number of phenolic OH excluding ortho intramolecular Hbond substituents is 1. The van der Waals surface area contributed by atoms with Crippen LogP contribution in [0.4, 0.5) is 0 Å². The van der Waals surface area contributed by atoms with E-state index in [0.29, 0.717) is 34.6 Å². The van der Waals surface area contributed by atoms with Gasteiger partial charge in [-0.1, -0.05) is 18.5 Å². The van der Waals surface area contributed by atoms with Gasteiger partial charge in [-0.2, -0.15) is 11.3 Å². The highest BCUT2D eigenvalue weighted by Crippen LogP contribution is 2.32. The van der Waals surface area contributed by atoms with Crippen LogP contribution in [0.5, 0.6) is 5.75 Å². The molecule has 0 spiro atoms. The largest absolute Gasteiger partial charge is 0.507 e.